The molecule has 1 heterocycles. The largest absolute Gasteiger partial charge is 0.478 e. The number of aryl methyl sites for hydroxylation is 1. The van der Waals surface area contributed by atoms with Gasteiger partial charge in [-0.05, 0) is 13.3 Å². The lowest BCUT2D eigenvalue weighted by atomic mass is 10.2. The van der Waals surface area contributed by atoms with Crippen LogP contribution in [0.25, 0.3) is 0 Å². The van der Waals surface area contributed by atoms with Crippen molar-refractivity contribution in [3.05, 3.63) is 17.1 Å². The molecule has 0 unspecified atom stereocenters. The highest BCUT2D eigenvalue weighted by Gasteiger charge is 2.20. The van der Waals surface area contributed by atoms with Gasteiger partial charge in [0.25, 0.3) is 0 Å². The Labute approximate surface area is 128 Å². The van der Waals surface area contributed by atoms with Crippen LogP contribution in [0.1, 0.15) is 55.0 Å². The molecule has 0 saturated carbocycles. The molecule has 0 aliphatic heterocycles. The number of thioether (sulfide) groups is 1. The van der Waals surface area contributed by atoms with E-state index in [9.17, 15) is 14.7 Å². The van der Waals surface area contributed by atoms with Crippen LogP contribution in [-0.2, 0) is 4.79 Å². The minimum absolute atomic E-state index is 0.0766. The van der Waals surface area contributed by atoms with E-state index in [0.717, 1.165) is 18.2 Å². The number of aromatic carboxylic acids is 1. The maximum atomic E-state index is 11.6. The van der Waals surface area contributed by atoms with Crippen LogP contribution in [0, 0.1) is 6.92 Å². The number of nitrogens with one attached hydrogen (secondary N) is 1. The SMILES string of the molecule is CCCNC(=O)CSc1nc(C(C)C)nc(C)c1C(=O)O. The molecule has 0 spiro atoms. The van der Waals surface area contributed by atoms with Crippen LogP contribution in [0.3, 0.4) is 0 Å². The zero-order valence-corrected chi connectivity index (χ0v) is 13.6. The molecule has 1 aromatic heterocycles. The number of nitrogens with zero attached hydrogens (tertiary/aromatic N) is 2. The average Bonchev–Trinajstić information content (AvgIpc) is 2.41. The Bertz CT molecular complexity index is 532. The van der Waals surface area contributed by atoms with Gasteiger partial charge in [-0.3, -0.25) is 4.79 Å². The van der Waals surface area contributed by atoms with Gasteiger partial charge < -0.3 is 10.4 Å². The molecule has 1 amide bonds. The molecule has 0 fully saturated rings. The van der Waals surface area contributed by atoms with E-state index in [4.69, 9.17) is 0 Å². The first-order valence-electron chi connectivity index (χ1n) is 6.88. The van der Waals surface area contributed by atoms with Crippen molar-refractivity contribution in [2.45, 2.75) is 45.1 Å². The van der Waals surface area contributed by atoms with Crippen molar-refractivity contribution in [2.24, 2.45) is 0 Å². The summed E-state index contributed by atoms with van der Waals surface area (Å²) in [6, 6.07) is 0. The molecule has 1 rings (SSSR count). The van der Waals surface area contributed by atoms with Crippen LogP contribution in [0.5, 0.6) is 0 Å². The summed E-state index contributed by atoms with van der Waals surface area (Å²) < 4.78 is 0. The summed E-state index contributed by atoms with van der Waals surface area (Å²) >= 11 is 1.14. The summed E-state index contributed by atoms with van der Waals surface area (Å²) in [6.07, 6.45) is 0.862. The summed E-state index contributed by atoms with van der Waals surface area (Å²) in [5.74, 6) is -0.359. The number of carbonyl (C=O) groups excluding carboxylic acids is 1. The molecular formula is C14H21N3O3S. The second-order valence-corrected chi connectivity index (χ2v) is 5.91. The fourth-order valence-corrected chi connectivity index (χ4v) is 2.53. The molecule has 116 valence electrons. The molecule has 0 aromatic carbocycles. The Morgan fingerprint density at radius 2 is 2.00 bits per heavy atom. The van der Waals surface area contributed by atoms with Gasteiger partial charge in [0.05, 0.1) is 11.4 Å². The molecule has 0 bridgehead atoms. The Morgan fingerprint density at radius 3 is 2.52 bits per heavy atom. The fraction of sp³-hybridized carbons (Fsp3) is 0.571. The third-order valence-corrected chi connectivity index (χ3v) is 3.69. The second-order valence-electron chi connectivity index (χ2n) is 4.95. The zero-order valence-electron chi connectivity index (χ0n) is 12.8. The van der Waals surface area contributed by atoms with Crippen LogP contribution in [0.4, 0.5) is 0 Å². The Hall–Kier alpha value is -1.63. The van der Waals surface area contributed by atoms with Crippen molar-refractivity contribution in [1.82, 2.24) is 15.3 Å². The van der Waals surface area contributed by atoms with Crippen LogP contribution < -0.4 is 5.32 Å². The molecule has 0 atom stereocenters. The highest BCUT2D eigenvalue weighted by atomic mass is 32.2. The van der Waals surface area contributed by atoms with Gasteiger partial charge in [-0.25, -0.2) is 14.8 Å². The van der Waals surface area contributed by atoms with Crippen LogP contribution in [-0.4, -0.2) is 39.2 Å². The van der Waals surface area contributed by atoms with Crippen molar-refractivity contribution in [3.8, 4) is 0 Å². The van der Waals surface area contributed by atoms with Crippen LogP contribution >= 0.6 is 11.8 Å². The lowest BCUT2D eigenvalue weighted by molar-refractivity contribution is -0.118. The molecule has 0 radical (unpaired) electrons. The van der Waals surface area contributed by atoms with Crippen molar-refractivity contribution in [2.75, 3.05) is 12.3 Å². The van der Waals surface area contributed by atoms with E-state index >= 15 is 0 Å². The predicted octanol–water partition coefficient (Wildman–Crippen LogP) is 2.22. The number of aromatic nitrogens is 2. The van der Waals surface area contributed by atoms with Gasteiger partial charge >= 0.3 is 5.97 Å². The number of amides is 1. The summed E-state index contributed by atoms with van der Waals surface area (Å²) in [6.45, 7) is 8.12. The molecule has 0 saturated heterocycles. The average molecular weight is 311 g/mol. The van der Waals surface area contributed by atoms with E-state index < -0.39 is 5.97 Å². The van der Waals surface area contributed by atoms with Crippen molar-refractivity contribution in [1.29, 1.82) is 0 Å². The lowest BCUT2D eigenvalue weighted by Crippen LogP contribution is -2.26. The summed E-state index contributed by atoms with van der Waals surface area (Å²) in [4.78, 5) is 31.5. The quantitative estimate of drug-likeness (QED) is 0.592. The van der Waals surface area contributed by atoms with Gasteiger partial charge in [0.1, 0.15) is 16.4 Å². The normalized spacial score (nSPS) is 10.7. The first kappa shape index (κ1) is 17.4. The predicted molar refractivity (Wildman–Crippen MR) is 81.8 cm³/mol. The first-order chi connectivity index (χ1) is 9.86. The third kappa shape index (κ3) is 5.00. The molecular weight excluding hydrogens is 290 g/mol. The van der Waals surface area contributed by atoms with Gasteiger partial charge in [0.15, 0.2) is 0 Å². The molecule has 2 N–H and O–H groups in total. The summed E-state index contributed by atoms with van der Waals surface area (Å²) in [5, 5.41) is 12.4. The molecule has 1 aromatic rings. The number of rotatable bonds is 7. The van der Waals surface area contributed by atoms with Crippen molar-refractivity contribution >= 4 is 23.6 Å². The van der Waals surface area contributed by atoms with Crippen molar-refractivity contribution in [3.63, 3.8) is 0 Å². The van der Waals surface area contributed by atoms with Crippen LogP contribution in [0.2, 0.25) is 0 Å². The second kappa shape index (κ2) is 7.97. The van der Waals surface area contributed by atoms with Gasteiger partial charge in [0.2, 0.25) is 5.91 Å². The number of carboxylic acids is 1. The summed E-state index contributed by atoms with van der Waals surface area (Å²) in [7, 11) is 0. The molecule has 7 heteroatoms. The Kier molecular flexibility index (Phi) is 6.61. The van der Waals surface area contributed by atoms with Gasteiger partial charge in [-0.2, -0.15) is 0 Å². The maximum absolute atomic E-state index is 11.6. The smallest absolute Gasteiger partial charge is 0.340 e. The lowest BCUT2D eigenvalue weighted by Gasteiger charge is -2.11. The van der Waals surface area contributed by atoms with E-state index in [1.54, 1.807) is 6.92 Å². The van der Waals surface area contributed by atoms with E-state index in [1.807, 2.05) is 20.8 Å². The number of carbonyl (C=O) groups is 2. The highest BCUT2D eigenvalue weighted by molar-refractivity contribution is 8.00. The van der Waals surface area contributed by atoms with E-state index in [0.29, 0.717) is 23.1 Å². The van der Waals surface area contributed by atoms with Crippen LogP contribution in [0.15, 0.2) is 5.03 Å². The minimum Gasteiger partial charge on any atom is -0.478 e. The molecule has 0 aliphatic rings. The first-order valence-corrected chi connectivity index (χ1v) is 7.86. The zero-order chi connectivity index (χ0) is 16.0. The monoisotopic (exact) mass is 311 g/mol. The van der Waals surface area contributed by atoms with Gasteiger partial charge in [-0.1, -0.05) is 32.5 Å². The van der Waals surface area contributed by atoms with Gasteiger partial charge in [-0.15, -0.1) is 0 Å². The Balaban J connectivity index is 2.97. The maximum Gasteiger partial charge on any atom is 0.340 e. The van der Waals surface area contributed by atoms with E-state index in [1.165, 1.54) is 0 Å². The highest BCUT2D eigenvalue weighted by Crippen LogP contribution is 2.24. The number of hydrogen-bond acceptors (Lipinski definition) is 5. The topological polar surface area (TPSA) is 92.2 Å². The minimum atomic E-state index is -1.07. The number of hydrogen-bond donors (Lipinski definition) is 2. The number of carboxylic acid groups (broad SMARTS) is 1. The van der Waals surface area contributed by atoms with E-state index in [-0.39, 0.29) is 23.1 Å². The molecule has 21 heavy (non-hydrogen) atoms. The third-order valence-electron chi connectivity index (χ3n) is 2.72. The summed E-state index contributed by atoms with van der Waals surface area (Å²) in [5.41, 5.74) is 0.505. The van der Waals surface area contributed by atoms with Crippen molar-refractivity contribution < 1.29 is 14.7 Å². The molecule has 0 aliphatic carbocycles. The fourth-order valence-electron chi connectivity index (χ4n) is 1.63. The Morgan fingerprint density at radius 1 is 1.33 bits per heavy atom. The van der Waals surface area contributed by atoms with Gasteiger partial charge in [0, 0.05) is 12.5 Å². The van der Waals surface area contributed by atoms with E-state index in [2.05, 4.69) is 15.3 Å². The standard InChI is InChI=1S/C14H21N3O3S/c1-5-6-15-10(18)7-21-13-11(14(19)20)9(4)16-12(17-13)8(2)3/h8H,5-7H2,1-4H3,(H,15,18)(H,19,20). The molecule has 6 nitrogen and oxygen atoms in total.